The van der Waals surface area contributed by atoms with Gasteiger partial charge in [-0.3, -0.25) is 14.8 Å². The largest absolute Gasteiger partial charge is 0.492 e. The molecule has 2 bridgehead atoms. The zero-order valence-corrected chi connectivity index (χ0v) is 18.6. The molecule has 1 N–H and O–H groups in total. The molecule has 152 valence electrons. The molecular weight excluding hydrogens is 460 g/mol. The number of likely N-dealkylation sites (N-methyl/N-ethyl adjacent to an activating group) is 1. The standard InChI is InChI=1S/C19H30FN5O.HI/c1-3-21-19(22-14-17-15-24-8-10-25(17)11-9-24)23(2)12-13-26-18-6-4-16(20)5-7-18;/h4-7,17H,3,8-15H2,1-2H3,(H,21,22);1H. The first-order valence-electron chi connectivity index (χ1n) is 9.50. The molecular formula is C19H31FIN5O. The third-order valence-electron chi connectivity index (χ3n) is 5.05. The number of halogens is 2. The van der Waals surface area contributed by atoms with Crippen molar-refractivity contribution in [3.63, 3.8) is 0 Å². The van der Waals surface area contributed by atoms with E-state index in [0.29, 0.717) is 24.9 Å². The summed E-state index contributed by atoms with van der Waals surface area (Å²) in [6.45, 7) is 10.8. The Balaban J connectivity index is 0.00000261. The number of rotatable bonds is 7. The van der Waals surface area contributed by atoms with Crippen LogP contribution in [0.3, 0.4) is 0 Å². The second-order valence-electron chi connectivity index (χ2n) is 6.91. The molecule has 0 radical (unpaired) electrons. The van der Waals surface area contributed by atoms with E-state index in [2.05, 4.69) is 26.9 Å². The third-order valence-corrected chi connectivity index (χ3v) is 5.05. The predicted molar refractivity (Wildman–Crippen MR) is 118 cm³/mol. The first-order chi connectivity index (χ1) is 12.7. The van der Waals surface area contributed by atoms with Gasteiger partial charge in [0.2, 0.25) is 0 Å². The van der Waals surface area contributed by atoms with Crippen LogP contribution in [0.5, 0.6) is 5.75 Å². The molecule has 1 aromatic carbocycles. The zero-order chi connectivity index (χ0) is 18.4. The fraction of sp³-hybridized carbons (Fsp3) is 0.632. The van der Waals surface area contributed by atoms with Crippen molar-refractivity contribution in [1.82, 2.24) is 20.0 Å². The van der Waals surface area contributed by atoms with Crippen molar-refractivity contribution in [2.75, 3.05) is 66.0 Å². The minimum atomic E-state index is -0.250. The van der Waals surface area contributed by atoms with Crippen molar-refractivity contribution in [3.05, 3.63) is 30.1 Å². The van der Waals surface area contributed by atoms with Gasteiger partial charge >= 0.3 is 0 Å². The number of guanidine groups is 1. The minimum absolute atomic E-state index is 0. The molecule has 3 fully saturated rings. The Bertz CT molecular complexity index is 592. The summed E-state index contributed by atoms with van der Waals surface area (Å²) in [6.07, 6.45) is 0. The van der Waals surface area contributed by atoms with Gasteiger partial charge in [-0.15, -0.1) is 24.0 Å². The summed E-state index contributed by atoms with van der Waals surface area (Å²) in [6, 6.07) is 6.64. The Morgan fingerprint density at radius 3 is 2.56 bits per heavy atom. The van der Waals surface area contributed by atoms with E-state index in [1.807, 2.05) is 7.05 Å². The molecule has 4 rings (SSSR count). The summed E-state index contributed by atoms with van der Waals surface area (Å²) in [7, 11) is 2.02. The molecule has 1 atom stereocenters. The number of nitrogens with zero attached hydrogens (tertiary/aromatic N) is 4. The molecule has 3 heterocycles. The van der Waals surface area contributed by atoms with Crippen LogP contribution in [-0.4, -0.2) is 92.7 Å². The lowest BCUT2D eigenvalue weighted by atomic mass is 10.1. The molecule has 27 heavy (non-hydrogen) atoms. The van der Waals surface area contributed by atoms with Crippen LogP contribution in [0, 0.1) is 5.82 Å². The van der Waals surface area contributed by atoms with Crippen LogP contribution < -0.4 is 10.1 Å². The van der Waals surface area contributed by atoms with Gasteiger partial charge in [0.25, 0.3) is 0 Å². The molecule has 3 aliphatic heterocycles. The van der Waals surface area contributed by atoms with Gasteiger partial charge in [0.05, 0.1) is 13.1 Å². The van der Waals surface area contributed by atoms with Crippen molar-refractivity contribution in [2.45, 2.75) is 13.0 Å². The molecule has 0 aromatic heterocycles. The van der Waals surface area contributed by atoms with Gasteiger partial charge in [-0.1, -0.05) is 0 Å². The SMILES string of the molecule is CCNC(=NCC1CN2CCN1CC2)N(C)CCOc1ccc(F)cc1.I. The maximum atomic E-state index is 12.9. The molecule has 0 saturated carbocycles. The second kappa shape index (κ2) is 11.0. The third kappa shape index (κ3) is 6.46. The molecule has 3 saturated heterocycles. The van der Waals surface area contributed by atoms with Crippen LogP contribution in [-0.2, 0) is 0 Å². The van der Waals surface area contributed by atoms with E-state index in [0.717, 1.165) is 38.7 Å². The molecule has 0 amide bonds. The molecule has 1 unspecified atom stereocenters. The molecule has 3 aliphatic rings. The normalized spacial score (nSPS) is 24.3. The maximum Gasteiger partial charge on any atom is 0.193 e. The van der Waals surface area contributed by atoms with Crippen molar-refractivity contribution < 1.29 is 9.13 Å². The van der Waals surface area contributed by atoms with E-state index in [4.69, 9.17) is 9.73 Å². The van der Waals surface area contributed by atoms with Crippen LogP contribution in [0.15, 0.2) is 29.3 Å². The average Bonchev–Trinajstić information content (AvgIpc) is 2.67. The van der Waals surface area contributed by atoms with E-state index in [1.165, 1.54) is 25.2 Å². The Morgan fingerprint density at radius 2 is 1.96 bits per heavy atom. The highest BCUT2D eigenvalue weighted by atomic mass is 127. The Morgan fingerprint density at radius 1 is 1.26 bits per heavy atom. The second-order valence-corrected chi connectivity index (χ2v) is 6.91. The quantitative estimate of drug-likeness (QED) is 0.358. The van der Waals surface area contributed by atoms with Crippen LogP contribution in [0.2, 0.25) is 0 Å². The van der Waals surface area contributed by atoms with Gasteiger partial charge < -0.3 is 15.0 Å². The van der Waals surface area contributed by atoms with E-state index in [9.17, 15) is 4.39 Å². The first-order valence-corrected chi connectivity index (χ1v) is 9.50. The van der Waals surface area contributed by atoms with Crippen LogP contribution in [0.4, 0.5) is 4.39 Å². The molecule has 0 spiro atoms. The zero-order valence-electron chi connectivity index (χ0n) is 16.2. The molecule has 6 nitrogen and oxygen atoms in total. The van der Waals surface area contributed by atoms with Gasteiger partial charge in [0, 0.05) is 52.4 Å². The predicted octanol–water partition coefficient (Wildman–Crippen LogP) is 1.72. The molecule has 0 aliphatic carbocycles. The number of hydrogen-bond acceptors (Lipinski definition) is 4. The summed E-state index contributed by atoms with van der Waals surface area (Å²) in [4.78, 5) is 12.0. The van der Waals surface area contributed by atoms with E-state index in [-0.39, 0.29) is 29.8 Å². The number of nitrogens with one attached hydrogen (secondary N) is 1. The lowest BCUT2D eigenvalue weighted by Crippen LogP contribution is -2.62. The van der Waals surface area contributed by atoms with E-state index < -0.39 is 0 Å². The number of piperazine rings is 3. The average molecular weight is 491 g/mol. The van der Waals surface area contributed by atoms with Crippen molar-refractivity contribution in [2.24, 2.45) is 4.99 Å². The van der Waals surface area contributed by atoms with Crippen molar-refractivity contribution in [3.8, 4) is 5.75 Å². The highest BCUT2D eigenvalue weighted by Gasteiger charge is 2.31. The number of aliphatic imine (C=N–C) groups is 1. The van der Waals surface area contributed by atoms with Crippen molar-refractivity contribution >= 4 is 29.9 Å². The Hall–Kier alpha value is -1.13. The van der Waals surface area contributed by atoms with Gasteiger partial charge in [-0.2, -0.15) is 0 Å². The fourth-order valence-corrected chi connectivity index (χ4v) is 3.50. The topological polar surface area (TPSA) is 43.3 Å². The maximum absolute atomic E-state index is 12.9. The summed E-state index contributed by atoms with van der Waals surface area (Å²) >= 11 is 0. The highest BCUT2D eigenvalue weighted by Crippen LogP contribution is 2.15. The van der Waals surface area contributed by atoms with Crippen LogP contribution in [0.1, 0.15) is 6.92 Å². The lowest BCUT2D eigenvalue weighted by Gasteiger charge is -2.47. The fourth-order valence-electron chi connectivity index (χ4n) is 3.50. The number of fused-ring (bicyclic) bond motifs is 3. The molecule has 8 heteroatoms. The Kier molecular flexibility index (Phi) is 9.04. The highest BCUT2D eigenvalue weighted by molar-refractivity contribution is 14.0. The number of hydrogen-bond donors (Lipinski definition) is 1. The smallest absolute Gasteiger partial charge is 0.193 e. The first kappa shape index (κ1) is 22.2. The summed E-state index contributed by atoms with van der Waals surface area (Å²) < 4.78 is 18.6. The monoisotopic (exact) mass is 491 g/mol. The van der Waals surface area contributed by atoms with Gasteiger partial charge in [-0.05, 0) is 31.2 Å². The van der Waals surface area contributed by atoms with Crippen LogP contribution >= 0.6 is 24.0 Å². The number of benzene rings is 1. The summed E-state index contributed by atoms with van der Waals surface area (Å²) in [5.74, 6) is 1.34. The van der Waals surface area contributed by atoms with Gasteiger partial charge in [0.1, 0.15) is 18.2 Å². The minimum Gasteiger partial charge on any atom is -0.492 e. The lowest BCUT2D eigenvalue weighted by molar-refractivity contribution is 0.0173. The van der Waals surface area contributed by atoms with E-state index in [1.54, 1.807) is 12.1 Å². The molecule has 1 aromatic rings. The summed E-state index contributed by atoms with van der Waals surface area (Å²) in [5, 5.41) is 3.36. The van der Waals surface area contributed by atoms with Crippen LogP contribution in [0.25, 0.3) is 0 Å². The number of ether oxygens (including phenoxy) is 1. The Labute approximate surface area is 178 Å². The van der Waals surface area contributed by atoms with Gasteiger partial charge in [0.15, 0.2) is 5.96 Å². The van der Waals surface area contributed by atoms with Gasteiger partial charge in [-0.25, -0.2) is 4.39 Å². The summed E-state index contributed by atoms with van der Waals surface area (Å²) in [5.41, 5.74) is 0. The van der Waals surface area contributed by atoms with Crippen molar-refractivity contribution in [1.29, 1.82) is 0 Å². The van der Waals surface area contributed by atoms with E-state index >= 15 is 0 Å².